The molecular weight excluding hydrogens is 475 g/mol. The second kappa shape index (κ2) is 7.82. The monoisotopic (exact) mass is 484 g/mol. The Kier molecular flexibility index (Phi) is 6.40. The largest absolute Gasteiger partial charge is 0.321 e. The molecular formula is C15H12BrCl3N2O3S. The summed E-state index contributed by atoms with van der Waals surface area (Å²) in [4.78, 5) is 12.4. The van der Waals surface area contributed by atoms with Gasteiger partial charge in [-0.15, -0.1) is 0 Å². The van der Waals surface area contributed by atoms with Gasteiger partial charge < -0.3 is 5.32 Å². The standard InChI is InChI=1S/C15H12BrCl3N2O3S/c1-21(2)25(23,24)14-5-8(3-4-9(14)16)15(22)20-13-7-11(18)10(17)6-12(13)19/h3-7H,1-2H3,(H,20,22). The number of nitrogens with zero attached hydrogens (tertiary/aromatic N) is 1. The van der Waals surface area contributed by atoms with Crippen molar-refractivity contribution in [3.05, 3.63) is 55.4 Å². The van der Waals surface area contributed by atoms with Crippen molar-refractivity contribution in [1.82, 2.24) is 4.31 Å². The van der Waals surface area contributed by atoms with Gasteiger partial charge in [0.2, 0.25) is 10.0 Å². The van der Waals surface area contributed by atoms with Crippen LogP contribution in [0.3, 0.4) is 0 Å². The number of benzene rings is 2. The maximum absolute atomic E-state index is 12.5. The SMILES string of the molecule is CN(C)S(=O)(=O)c1cc(C(=O)Nc2cc(Cl)c(Cl)cc2Cl)ccc1Br. The Bertz CT molecular complexity index is 949. The number of sulfonamides is 1. The van der Waals surface area contributed by atoms with E-state index in [0.717, 1.165) is 4.31 Å². The van der Waals surface area contributed by atoms with Crippen molar-refractivity contribution in [3.63, 3.8) is 0 Å². The molecule has 0 saturated carbocycles. The van der Waals surface area contributed by atoms with Crippen LogP contribution >= 0.6 is 50.7 Å². The number of halogens is 4. The van der Waals surface area contributed by atoms with Crippen LogP contribution in [0.15, 0.2) is 39.7 Å². The Labute approximate surface area is 169 Å². The van der Waals surface area contributed by atoms with Crippen LogP contribution in [-0.2, 0) is 10.0 Å². The van der Waals surface area contributed by atoms with Gasteiger partial charge in [0.15, 0.2) is 0 Å². The second-order valence-electron chi connectivity index (χ2n) is 5.13. The number of carbonyl (C=O) groups excluding carboxylic acids is 1. The number of amides is 1. The predicted octanol–water partition coefficient (Wildman–Crippen LogP) is 4.91. The third-order valence-corrected chi connectivity index (χ3v) is 7.05. The van der Waals surface area contributed by atoms with E-state index in [4.69, 9.17) is 34.8 Å². The van der Waals surface area contributed by atoms with E-state index in [1.54, 1.807) is 0 Å². The molecule has 5 nitrogen and oxygen atoms in total. The first-order valence-electron chi connectivity index (χ1n) is 6.72. The van der Waals surface area contributed by atoms with Crippen LogP contribution in [-0.4, -0.2) is 32.7 Å². The summed E-state index contributed by atoms with van der Waals surface area (Å²) in [5.74, 6) is -0.539. The highest BCUT2D eigenvalue weighted by atomic mass is 79.9. The lowest BCUT2D eigenvalue weighted by molar-refractivity contribution is 0.102. The number of rotatable bonds is 4. The Balaban J connectivity index is 2.40. The van der Waals surface area contributed by atoms with Crippen LogP contribution < -0.4 is 5.32 Å². The number of anilines is 1. The molecule has 0 aliphatic carbocycles. The van der Waals surface area contributed by atoms with Gasteiger partial charge in [-0.1, -0.05) is 34.8 Å². The highest BCUT2D eigenvalue weighted by Gasteiger charge is 2.22. The maximum atomic E-state index is 12.5. The minimum atomic E-state index is -3.72. The zero-order chi connectivity index (χ0) is 18.9. The molecule has 2 aromatic rings. The van der Waals surface area contributed by atoms with E-state index < -0.39 is 15.9 Å². The van der Waals surface area contributed by atoms with Crippen molar-refractivity contribution < 1.29 is 13.2 Å². The fourth-order valence-electron chi connectivity index (χ4n) is 1.85. The Hall–Kier alpha value is -0.830. The molecule has 0 aliphatic heterocycles. The summed E-state index contributed by atoms with van der Waals surface area (Å²) in [5.41, 5.74) is 0.409. The topological polar surface area (TPSA) is 66.5 Å². The molecule has 25 heavy (non-hydrogen) atoms. The van der Waals surface area contributed by atoms with Gasteiger partial charge in [0, 0.05) is 24.1 Å². The van der Waals surface area contributed by atoms with Gasteiger partial charge in [0.05, 0.1) is 25.7 Å². The summed E-state index contributed by atoms with van der Waals surface area (Å²) >= 11 is 21.0. The van der Waals surface area contributed by atoms with Gasteiger partial charge in [-0.2, -0.15) is 0 Å². The summed E-state index contributed by atoms with van der Waals surface area (Å²) in [6.45, 7) is 0. The van der Waals surface area contributed by atoms with Crippen molar-refractivity contribution in [3.8, 4) is 0 Å². The van der Waals surface area contributed by atoms with Gasteiger partial charge in [-0.3, -0.25) is 4.79 Å². The van der Waals surface area contributed by atoms with Crippen LogP contribution in [0, 0.1) is 0 Å². The van der Waals surface area contributed by atoms with E-state index in [-0.39, 0.29) is 31.2 Å². The molecule has 0 heterocycles. The van der Waals surface area contributed by atoms with Crippen molar-refractivity contribution >= 4 is 72.4 Å². The Morgan fingerprint density at radius 2 is 1.64 bits per heavy atom. The normalized spacial score (nSPS) is 11.6. The number of hydrogen-bond acceptors (Lipinski definition) is 3. The first-order chi connectivity index (χ1) is 11.5. The summed E-state index contributed by atoms with van der Waals surface area (Å²) in [5, 5.41) is 3.28. The zero-order valence-electron chi connectivity index (χ0n) is 13.0. The molecule has 2 aromatic carbocycles. The molecule has 0 aliphatic rings. The third-order valence-electron chi connectivity index (χ3n) is 3.21. The smallest absolute Gasteiger partial charge is 0.255 e. The molecule has 0 aromatic heterocycles. The first-order valence-corrected chi connectivity index (χ1v) is 10.1. The van der Waals surface area contributed by atoms with Gasteiger partial charge in [0.25, 0.3) is 5.91 Å². The summed E-state index contributed by atoms with van der Waals surface area (Å²) in [6.07, 6.45) is 0. The highest BCUT2D eigenvalue weighted by Crippen LogP contribution is 2.33. The lowest BCUT2D eigenvalue weighted by Crippen LogP contribution is -2.23. The Morgan fingerprint density at radius 3 is 2.24 bits per heavy atom. The van der Waals surface area contributed by atoms with Crippen LogP contribution in [0.2, 0.25) is 15.1 Å². The molecule has 134 valence electrons. The highest BCUT2D eigenvalue weighted by molar-refractivity contribution is 9.10. The van der Waals surface area contributed by atoms with Crippen LogP contribution in [0.1, 0.15) is 10.4 Å². The summed E-state index contributed by atoms with van der Waals surface area (Å²) in [6, 6.07) is 7.08. The molecule has 0 fully saturated rings. The number of hydrogen-bond donors (Lipinski definition) is 1. The van der Waals surface area contributed by atoms with E-state index in [0.29, 0.717) is 4.47 Å². The summed E-state index contributed by atoms with van der Waals surface area (Å²) < 4.78 is 26.1. The lowest BCUT2D eigenvalue weighted by Gasteiger charge is -2.14. The van der Waals surface area contributed by atoms with Gasteiger partial charge in [0.1, 0.15) is 0 Å². The predicted molar refractivity (Wildman–Crippen MR) is 104 cm³/mol. The molecule has 1 amide bonds. The van der Waals surface area contributed by atoms with Crippen LogP contribution in [0.4, 0.5) is 5.69 Å². The molecule has 1 N–H and O–H groups in total. The van der Waals surface area contributed by atoms with Crippen LogP contribution in [0.5, 0.6) is 0 Å². The quantitative estimate of drug-likeness (QED) is 0.625. The molecule has 0 radical (unpaired) electrons. The summed E-state index contributed by atoms with van der Waals surface area (Å²) in [7, 11) is -0.902. The minimum absolute atomic E-state index is 0.0228. The van der Waals surface area contributed by atoms with Crippen molar-refractivity contribution in [2.45, 2.75) is 4.90 Å². The Morgan fingerprint density at radius 1 is 1.04 bits per heavy atom. The molecule has 2 rings (SSSR count). The van der Waals surface area contributed by atoms with Crippen molar-refractivity contribution in [1.29, 1.82) is 0 Å². The fourth-order valence-corrected chi connectivity index (χ4v) is 4.29. The first kappa shape index (κ1) is 20.5. The van der Waals surface area contributed by atoms with E-state index in [2.05, 4.69) is 21.2 Å². The van der Waals surface area contributed by atoms with Gasteiger partial charge in [-0.05, 0) is 46.3 Å². The minimum Gasteiger partial charge on any atom is -0.321 e. The average molecular weight is 487 g/mol. The van der Waals surface area contributed by atoms with E-state index in [9.17, 15) is 13.2 Å². The molecule has 0 unspecified atom stereocenters. The average Bonchev–Trinajstić information content (AvgIpc) is 2.52. The molecule has 0 spiro atoms. The van der Waals surface area contributed by atoms with Crippen molar-refractivity contribution in [2.75, 3.05) is 19.4 Å². The number of carbonyl (C=O) groups is 1. The maximum Gasteiger partial charge on any atom is 0.255 e. The van der Waals surface area contributed by atoms with Crippen LogP contribution in [0.25, 0.3) is 0 Å². The fraction of sp³-hybridized carbons (Fsp3) is 0.133. The zero-order valence-corrected chi connectivity index (χ0v) is 17.6. The molecule has 10 heteroatoms. The second-order valence-corrected chi connectivity index (χ2v) is 9.33. The van der Waals surface area contributed by atoms with E-state index in [1.165, 1.54) is 44.4 Å². The van der Waals surface area contributed by atoms with Crippen molar-refractivity contribution in [2.24, 2.45) is 0 Å². The van der Waals surface area contributed by atoms with E-state index in [1.807, 2.05) is 0 Å². The third kappa shape index (κ3) is 4.48. The van der Waals surface area contributed by atoms with Gasteiger partial charge >= 0.3 is 0 Å². The molecule has 0 bridgehead atoms. The van der Waals surface area contributed by atoms with Gasteiger partial charge in [-0.25, -0.2) is 12.7 Å². The lowest BCUT2D eigenvalue weighted by atomic mass is 10.2. The molecule has 0 atom stereocenters. The van der Waals surface area contributed by atoms with E-state index >= 15 is 0 Å². The molecule has 0 saturated heterocycles. The number of nitrogens with one attached hydrogen (secondary N) is 1.